The first-order valence-electron chi connectivity index (χ1n) is 11.3. The fourth-order valence-electron chi connectivity index (χ4n) is 4.11. The first-order chi connectivity index (χ1) is 15.5. The Kier molecular flexibility index (Phi) is 6.90. The molecule has 0 aromatic heterocycles. The van der Waals surface area contributed by atoms with Crippen molar-refractivity contribution < 1.29 is 19.1 Å². The monoisotopic (exact) mass is 434 g/mol. The van der Waals surface area contributed by atoms with Crippen molar-refractivity contribution in [1.82, 2.24) is 10.2 Å². The van der Waals surface area contributed by atoms with Gasteiger partial charge in [-0.05, 0) is 62.9 Å². The molecule has 0 spiro atoms. The number of hydrogen-bond donors (Lipinski definition) is 1. The van der Waals surface area contributed by atoms with Crippen LogP contribution in [-0.2, 0) is 0 Å². The van der Waals surface area contributed by atoms with Crippen molar-refractivity contribution in [2.45, 2.75) is 39.2 Å². The molecule has 4 rings (SSSR count). The number of ketones is 1. The standard InChI is InChI=1S/C26H30N2O4/c1-18(2)25-24(29)22-10-9-21(17-23(22)32-25)31-16-6-13-28-14-11-20(12-15-28)27-26(30)19-7-4-3-5-8-19/h3-5,7-10,17,20H,6,11-16H2,1-2H3,(H,27,30). The van der Waals surface area contributed by atoms with Gasteiger partial charge in [0.25, 0.3) is 5.91 Å². The van der Waals surface area contributed by atoms with Crippen LogP contribution < -0.4 is 14.8 Å². The Morgan fingerprint density at radius 1 is 1.12 bits per heavy atom. The maximum atomic E-state index is 12.3. The van der Waals surface area contributed by atoms with E-state index >= 15 is 0 Å². The molecule has 0 bridgehead atoms. The summed E-state index contributed by atoms with van der Waals surface area (Å²) in [6, 6.07) is 15.0. The maximum Gasteiger partial charge on any atom is 0.251 e. The molecular weight excluding hydrogens is 404 g/mol. The molecule has 2 aromatic rings. The average Bonchev–Trinajstić information content (AvgIpc) is 3.14. The molecular formula is C26H30N2O4. The summed E-state index contributed by atoms with van der Waals surface area (Å²) in [4.78, 5) is 27.0. The number of carbonyl (C=O) groups excluding carboxylic acids is 2. The third kappa shape index (κ3) is 5.19. The van der Waals surface area contributed by atoms with Gasteiger partial charge in [-0.15, -0.1) is 0 Å². The predicted octanol–water partition coefficient (Wildman–Crippen LogP) is 4.22. The number of nitrogens with zero attached hydrogens (tertiary/aromatic N) is 1. The van der Waals surface area contributed by atoms with Crippen molar-refractivity contribution in [3.8, 4) is 11.5 Å². The first kappa shape index (κ1) is 22.1. The van der Waals surface area contributed by atoms with Gasteiger partial charge >= 0.3 is 0 Å². The van der Waals surface area contributed by atoms with Crippen LogP contribution in [-0.4, -0.2) is 48.9 Å². The predicted molar refractivity (Wildman–Crippen MR) is 123 cm³/mol. The third-order valence-corrected chi connectivity index (χ3v) is 5.92. The number of likely N-dealkylation sites (tertiary alicyclic amines) is 1. The Bertz CT molecular complexity index is 1000. The number of nitrogens with one attached hydrogen (secondary N) is 1. The van der Waals surface area contributed by atoms with Crippen LogP contribution in [0, 0.1) is 0 Å². The summed E-state index contributed by atoms with van der Waals surface area (Å²) < 4.78 is 11.6. The van der Waals surface area contributed by atoms with E-state index in [-0.39, 0.29) is 17.7 Å². The molecule has 0 atom stereocenters. The van der Waals surface area contributed by atoms with Crippen LogP contribution in [0.1, 0.15) is 53.8 Å². The zero-order chi connectivity index (χ0) is 22.5. The summed E-state index contributed by atoms with van der Waals surface area (Å²) >= 11 is 0. The number of fused-ring (bicyclic) bond motifs is 1. The smallest absolute Gasteiger partial charge is 0.251 e. The highest BCUT2D eigenvalue weighted by Crippen LogP contribution is 2.35. The molecule has 2 aromatic carbocycles. The topological polar surface area (TPSA) is 67.9 Å². The fraction of sp³-hybridized carbons (Fsp3) is 0.385. The van der Waals surface area contributed by atoms with E-state index in [1.807, 2.05) is 50.2 Å². The molecule has 2 aliphatic rings. The minimum atomic E-state index is -0.0603. The second-order valence-corrected chi connectivity index (χ2v) is 8.58. The van der Waals surface area contributed by atoms with Crippen molar-refractivity contribution in [2.24, 2.45) is 0 Å². The number of rotatable bonds is 7. The van der Waals surface area contributed by atoms with E-state index in [0.717, 1.165) is 44.5 Å². The third-order valence-electron chi connectivity index (χ3n) is 5.92. The van der Waals surface area contributed by atoms with Crippen LogP contribution in [0.5, 0.6) is 11.5 Å². The van der Waals surface area contributed by atoms with E-state index in [1.165, 1.54) is 0 Å². The van der Waals surface area contributed by atoms with Gasteiger partial charge in [0.05, 0.1) is 12.2 Å². The molecule has 0 aliphatic carbocycles. The summed E-state index contributed by atoms with van der Waals surface area (Å²) in [7, 11) is 0. The van der Waals surface area contributed by atoms with Crippen molar-refractivity contribution in [3.05, 3.63) is 71.0 Å². The number of ether oxygens (including phenoxy) is 2. The van der Waals surface area contributed by atoms with Crippen LogP contribution in [0.3, 0.4) is 0 Å². The zero-order valence-corrected chi connectivity index (χ0v) is 18.7. The van der Waals surface area contributed by atoms with Gasteiger partial charge in [-0.25, -0.2) is 0 Å². The molecule has 0 saturated carbocycles. The second kappa shape index (κ2) is 10.0. The number of amides is 1. The molecule has 32 heavy (non-hydrogen) atoms. The molecule has 2 aliphatic heterocycles. The van der Waals surface area contributed by atoms with E-state index in [0.29, 0.717) is 35.0 Å². The lowest BCUT2D eigenvalue weighted by Gasteiger charge is -2.32. The van der Waals surface area contributed by atoms with Gasteiger partial charge in [0, 0.05) is 37.3 Å². The summed E-state index contributed by atoms with van der Waals surface area (Å²) in [5.41, 5.74) is 2.18. The van der Waals surface area contributed by atoms with Crippen molar-refractivity contribution >= 4 is 11.7 Å². The normalized spacial score (nSPS) is 16.4. The molecule has 1 fully saturated rings. The van der Waals surface area contributed by atoms with Gasteiger partial charge in [-0.3, -0.25) is 9.59 Å². The molecule has 168 valence electrons. The Balaban J connectivity index is 1.16. The lowest BCUT2D eigenvalue weighted by atomic mass is 10.0. The average molecular weight is 435 g/mol. The lowest BCUT2D eigenvalue weighted by molar-refractivity contribution is 0.0909. The number of allylic oxidation sites excluding steroid dienone is 2. The summed E-state index contributed by atoms with van der Waals surface area (Å²) in [6.45, 7) is 7.25. The van der Waals surface area contributed by atoms with Crippen molar-refractivity contribution in [1.29, 1.82) is 0 Å². The number of carbonyl (C=O) groups is 2. The minimum Gasteiger partial charge on any atom is -0.493 e. The van der Waals surface area contributed by atoms with E-state index in [9.17, 15) is 9.59 Å². The molecule has 6 nitrogen and oxygen atoms in total. The Morgan fingerprint density at radius 2 is 1.88 bits per heavy atom. The Morgan fingerprint density at radius 3 is 2.59 bits per heavy atom. The van der Waals surface area contributed by atoms with Crippen LogP contribution in [0.15, 0.2) is 59.9 Å². The Hall–Kier alpha value is -3.12. The SMILES string of the molecule is CC(C)=C1Oc2cc(OCCCN3CCC(NC(=O)c4ccccc4)CC3)ccc2C1=O. The van der Waals surface area contributed by atoms with Gasteiger partial charge in [-0.2, -0.15) is 0 Å². The highest BCUT2D eigenvalue weighted by Gasteiger charge is 2.28. The summed E-state index contributed by atoms with van der Waals surface area (Å²) in [5, 5.41) is 3.15. The number of benzene rings is 2. The van der Waals surface area contributed by atoms with Crippen LogP contribution in [0.25, 0.3) is 0 Å². The molecule has 0 unspecified atom stereocenters. The Labute approximate surface area is 189 Å². The van der Waals surface area contributed by atoms with Gasteiger partial charge < -0.3 is 19.7 Å². The molecule has 0 radical (unpaired) electrons. The highest BCUT2D eigenvalue weighted by molar-refractivity contribution is 6.12. The molecule has 1 saturated heterocycles. The van der Waals surface area contributed by atoms with Gasteiger partial charge in [-0.1, -0.05) is 18.2 Å². The van der Waals surface area contributed by atoms with Gasteiger partial charge in [0.15, 0.2) is 5.76 Å². The van der Waals surface area contributed by atoms with Crippen molar-refractivity contribution in [3.63, 3.8) is 0 Å². The van der Waals surface area contributed by atoms with E-state index in [4.69, 9.17) is 9.47 Å². The molecule has 6 heteroatoms. The minimum absolute atomic E-state index is 0.00850. The lowest BCUT2D eigenvalue weighted by Crippen LogP contribution is -2.45. The number of hydrogen-bond acceptors (Lipinski definition) is 5. The highest BCUT2D eigenvalue weighted by atomic mass is 16.5. The van der Waals surface area contributed by atoms with Crippen LogP contribution in [0.2, 0.25) is 0 Å². The zero-order valence-electron chi connectivity index (χ0n) is 18.7. The van der Waals surface area contributed by atoms with E-state index < -0.39 is 0 Å². The van der Waals surface area contributed by atoms with Crippen LogP contribution in [0.4, 0.5) is 0 Å². The first-order valence-corrected chi connectivity index (χ1v) is 11.3. The van der Waals surface area contributed by atoms with E-state index in [2.05, 4.69) is 10.2 Å². The van der Waals surface area contributed by atoms with Crippen molar-refractivity contribution in [2.75, 3.05) is 26.2 Å². The molecule has 1 amide bonds. The largest absolute Gasteiger partial charge is 0.493 e. The number of piperidine rings is 1. The summed E-state index contributed by atoms with van der Waals surface area (Å²) in [5.74, 6) is 1.65. The molecule has 1 N–H and O–H groups in total. The van der Waals surface area contributed by atoms with Gasteiger partial charge in [0.2, 0.25) is 5.78 Å². The maximum absolute atomic E-state index is 12.3. The van der Waals surface area contributed by atoms with Crippen LogP contribution >= 0.6 is 0 Å². The number of Topliss-reactive ketones (excluding diaryl/α,β-unsaturated/α-hetero) is 1. The second-order valence-electron chi connectivity index (χ2n) is 8.58. The quantitative estimate of drug-likeness (QED) is 0.522. The summed E-state index contributed by atoms with van der Waals surface area (Å²) in [6.07, 6.45) is 2.84. The molecule has 2 heterocycles. The van der Waals surface area contributed by atoms with E-state index in [1.54, 1.807) is 12.1 Å². The van der Waals surface area contributed by atoms with Gasteiger partial charge in [0.1, 0.15) is 11.5 Å². The fourth-order valence-corrected chi connectivity index (χ4v) is 4.11.